The van der Waals surface area contributed by atoms with Crippen molar-refractivity contribution in [1.82, 2.24) is 15.6 Å². The van der Waals surface area contributed by atoms with Crippen LogP contribution >= 0.6 is 11.3 Å². The summed E-state index contributed by atoms with van der Waals surface area (Å²) in [6.45, 7) is 4.15. The highest BCUT2D eigenvalue weighted by atomic mass is 32.1. The molecule has 1 atom stereocenters. The second-order valence-electron chi connectivity index (χ2n) is 4.19. The van der Waals surface area contributed by atoms with Gasteiger partial charge < -0.3 is 15.5 Å². The van der Waals surface area contributed by atoms with Gasteiger partial charge in [-0.3, -0.25) is 4.79 Å². The summed E-state index contributed by atoms with van der Waals surface area (Å²) in [5.41, 5.74) is 1.04. The van der Waals surface area contributed by atoms with Gasteiger partial charge in [0.15, 0.2) is 5.13 Å². The van der Waals surface area contributed by atoms with Gasteiger partial charge in [0.1, 0.15) is 0 Å². The average molecular weight is 254 g/mol. The zero-order chi connectivity index (χ0) is 12.3. The molecule has 1 aliphatic heterocycles. The summed E-state index contributed by atoms with van der Waals surface area (Å²) in [5, 5.41) is 9.03. The summed E-state index contributed by atoms with van der Waals surface area (Å²) >= 11 is 1.61. The van der Waals surface area contributed by atoms with Crippen LogP contribution < -0.4 is 15.5 Å². The van der Waals surface area contributed by atoms with Gasteiger partial charge in [0.2, 0.25) is 5.91 Å². The predicted molar refractivity (Wildman–Crippen MR) is 69.4 cm³/mol. The molecule has 2 rings (SSSR count). The lowest BCUT2D eigenvalue weighted by Gasteiger charge is -2.17. The van der Waals surface area contributed by atoms with Crippen molar-refractivity contribution in [2.75, 3.05) is 31.6 Å². The normalized spacial score (nSPS) is 18.7. The number of hydrogen-bond donors (Lipinski definition) is 2. The van der Waals surface area contributed by atoms with Gasteiger partial charge >= 0.3 is 0 Å². The van der Waals surface area contributed by atoms with Gasteiger partial charge in [-0.05, 0) is 20.4 Å². The van der Waals surface area contributed by atoms with E-state index >= 15 is 0 Å². The highest BCUT2D eigenvalue weighted by Crippen LogP contribution is 2.24. The van der Waals surface area contributed by atoms with Crippen molar-refractivity contribution in [3.8, 4) is 0 Å². The molecule has 1 saturated heterocycles. The smallest absolute Gasteiger partial charge is 0.239 e. The summed E-state index contributed by atoms with van der Waals surface area (Å²) in [5.74, 6) is 0.0842. The Kier molecular flexibility index (Phi) is 3.96. The Morgan fingerprint density at radius 3 is 3.24 bits per heavy atom. The summed E-state index contributed by atoms with van der Waals surface area (Å²) in [6.07, 6.45) is 0.974. The molecule has 1 aliphatic rings. The van der Waals surface area contributed by atoms with E-state index in [1.54, 1.807) is 11.3 Å². The minimum absolute atomic E-state index is 0.0842. The first-order chi connectivity index (χ1) is 8.20. The number of nitrogens with one attached hydrogen (secondary N) is 2. The molecule has 2 N–H and O–H groups in total. The Balaban J connectivity index is 2.10. The van der Waals surface area contributed by atoms with Crippen LogP contribution in [0.5, 0.6) is 0 Å². The average Bonchev–Trinajstić information content (AvgIpc) is 2.72. The fourth-order valence-electron chi connectivity index (χ4n) is 1.74. The van der Waals surface area contributed by atoms with Gasteiger partial charge in [-0.25, -0.2) is 4.98 Å². The van der Waals surface area contributed by atoms with Crippen LogP contribution in [0.15, 0.2) is 5.38 Å². The molecule has 2 heterocycles. The van der Waals surface area contributed by atoms with Crippen molar-refractivity contribution >= 4 is 22.4 Å². The predicted octanol–water partition coefficient (Wildman–Crippen LogP) is 0.750. The van der Waals surface area contributed by atoms with Crippen molar-refractivity contribution in [2.45, 2.75) is 19.4 Å². The topological polar surface area (TPSA) is 57.3 Å². The molecular weight excluding hydrogens is 236 g/mol. The first-order valence-corrected chi connectivity index (χ1v) is 6.73. The molecule has 6 heteroatoms. The van der Waals surface area contributed by atoms with E-state index in [1.807, 2.05) is 7.05 Å². The van der Waals surface area contributed by atoms with Crippen molar-refractivity contribution in [3.63, 3.8) is 0 Å². The largest absolute Gasteiger partial charge is 0.354 e. The number of rotatable bonds is 3. The third-order valence-electron chi connectivity index (χ3n) is 2.92. The van der Waals surface area contributed by atoms with Gasteiger partial charge in [-0.15, -0.1) is 11.3 Å². The molecule has 1 fully saturated rings. The Morgan fingerprint density at radius 1 is 1.65 bits per heavy atom. The number of aromatic nitrogens is 1. The van der Waals surface area contributed by atoms with E-state index in [9.17, 15) is 4.79 Å². The summed E-state index contributed by atoms with van der Waals surface area (Å²) < 4.78 is 0. The van der Waals surface area contributed by atoms with Gasteiger partial charge in [0, 0.05) is 24.5 Å². The van der Waals surface area contributed by atoms with Gasteiger partial charge in [0.25, 0.3) is 0 Å². The second-order valence-corrected chi connectivity index (χ2v) is 5.03. The maximum absolute atomic E-state index is 11.5. The van der Waals surface area contributed by atoms with Crippen LogP contribution in [0.1, 0.15) is 25.1 Å². The van der Waals surface area contributed by atoms with Crippen molar-refractivity contribution in [3.05, 3.63) is 11.1 Å². The number of anilines is 1. The van der Waals surface area contributed by atoms with Gasteiger partial charge in [-0.2, -0.15) is 0 Å². The van der Waals surface area contributed by atoms with Crippen LogP contribution in [-0.4, -0.2) is 37.6 Å². The fraction of sp³-hybridized carbons (Fsp3) is 0.636. The van der Waals surface area contributed by atoms with E-state index in [2.05, 4.69) is 32.8 Å². The molecule has 94 valence electrons. The first-order valence-electron chi connectivity index (χ1n) is 5.85. The van der Waals surface area contributed by atoms with Crippen molar-refractivity contribution in [2.24, 2.45) is 0 Å². The van der Waals surface area contributed by atoms with E-state index in [0.717, 1.165) is 30.3 Å². The minimum Gasteiger partial charge on any atom is -0.354 e. The molecule has 1 amide bonds. The Hall–Kier alpha value is -1.14. The Morgan fingerprint density at radius 2 is 2.47 bits per heavy atom. The van der Waals surface area contributed by atoms with Crippen molar-refractivity contribution < 1.29 is 4.79 Å². The lowest BCUT2D eigenvalue weighted by atomic mass is 10.3. The SMILES string of the molecule is CNC(C)c1csc(N2CCCNC(=O)C2)n1. The maximum atomic E-state index is 11.5. The number of nitrogens with zero attached hydrogens (tertiary/aromatic N) is 2. The monoisotopic (exact) mass is 254 g/mol. The van der Waals surface area contributed by atoms with Crippen LogP contribution in [0.25, 0.3) is 0 Å². The number of carbonyl (C=O) groups excluding carboxylic acids is 1. The van der Waals surface area contributed by atoms with Crippen LogP contribution in [0.2, 0.25) is 0 Å². The summed E-state index contributed by atoms with van der Waals surface area (Å²) in [6, 6.07) is 0.251. The zero-order valence-corrected chi connectivity index (χ0v) is 11.0. The molecular formula is C11H18N4OS. The van der Waals surface area contributed by atoms with E-state index in [1.165, 1.54) is 0 Å². The lowest BCUT2D eigenvalue weighted by molar-refractivity contribution is -0.119. The van der Waals surface area contributed by atoms with Crippen LogP contribution in [0.3, 0.4) is 0 Å². The van der Waals surface area contributed by atoms with E-state index in [4.69, 9.17) is 0 Å². The molecule has 1 aromatic rings. The maximum Gasteiger partial charge on any atom is 0.239 e. The minimum atomic E-state index is 0.0842. The molecule has 5 nitrogen and oxygen atoms in total. The molecule has 0 aromatic carbocycles. The molecule has 0 bridgehead atoms. The first kappa shape index (κ1) is 12.3. The van der Waals surface area contributed by atoms with Crippen LogP contribution in [-0.2, 0) is 4.79 Å². The summed E-state index contributed by atoms with van der Waals surface area (Å²) in [4.78, 5) is 18.1. The van der Waals surface area contributed by atoms with E-state index in [0.29, 0.717) is 6.54 Å². The Labute approximate surface area is 105 Å². The quantitative estimate of drug-likeness (QED) is 0.836. The van der Waals surface area contributed by atoms with Crippen LogP contribution in [0.4, 0.5) is 5.13 Å². The number of amides is 1. The van der Waals surface area contributed by atoms with Gasteiger partial charge in [0.05, 0.1) is 12.2 Å². The molecule has 1 unspecified atom stereocenters. The summed E-state index contributed by atoms with van der Waals surface area (Å²) in [7, 11) is 1.92. The standard InChI is InChI=1S/C11H18N4OS/c1-8(12-2)9-7-17-11(14-9)15-5-3-4-13-10(16)6-15/h7-8,12H,3-6H2,1-2H3,(H,13,16). The number of thiazole rings is 1. The highest BCUT2D eigenvalue weighted by Gasteiger charge is 2.18. The second kappa shape index (κ2) is 5.46. The molecule has 0 saturated carbocycles. The fourth-order valence-corrected chi connectivity index (χ4v) is 2.68. The molecule has 17 heavy (non-hydrogen) atoms. The van der Waals surface area contributed by atoms with E-state index in [-0.39, 0.29) is 11.9 Å². The number of carbonyl (C=O) groups is 1. The zero-order valence-electron chi connectivity index (χ0n) is 10.2. The van der Waals surface area contributed by atoms with Gasteiger partial charge in [-0.1, -0.05) is 0 Å². The van der Waals surface area contributed by atoms with Crippen LogP contribution in [0, 0.1) is 0 Å². The third kappa shape index (κ3) is 2.95. The molecule has 0 spiro atoms. The number of hydrogen-bond acceptors (Lipinski definition) is 5. The van der Waals surface area contributed by atoms with Crippen molar-refractivity contribution in [1.29, 1.82) is 0 Å². The van der Waals surface area contributed by atoms with E-state index < -0.39 is 0 Å². The lowest BCUT2D eigenvalue weighted by Crippen LogP contribution is -2.33. The highest BCUT2D eigenvalue weighted by molar-refractivity contribution is 7.13. The Bertz CT molecular complexity index is 393. The molecule has 1 aromatic heterocycles. The third-order valence-corrected chi connectivity index (χ3v) is 3.84. The molecule has 0 radical (unpaired) electrons. The molecule has 0 aliphatic carbocycles.